The Morgan fingerprint density at radius 1 is 0.489 bits per heavy atom. The number of aliphatic hydroxyl groups is 2. The summed E-state index contributed by atoms with van der Waals surface area (Å²) < 4.78 is 0. The molecule has 0 aliphatic rings. The maximum atomic E-state index is 12.4. The Labute approximate surface area is 295 Å². The molecule has 0 radical (unpaired) electrons. The zero-order chi connectivity index (χ0) is 34.3. The molecular formula is C43H85NO3. The Kier molecular flexibility index (Phi) is 38.8. The van der Waals surface area contributed by atoms with Crippen LogP contribution in [0.4, 0.5) is 0 Å². The summed E-state index contributed by atoms with van der Waals surface area (Å²) in [5.41, 5.74) is 0. The topological polar surface area (TPSA) is 69.6 Å². The fourth-order valence-electron chi connectivity index (χ4n) is 6.71. The molecule has 0 saturated heterocycles. The van der Waals surface area contributed by atoms with Gasteiger partial charge >= 0.3 is 0 Å². The highest BCUT2D eigenvalue weighted by Gasteiger charge is 2.17. The van der Waals surface area contributed by atoms with Crippen molar-refractivity contribution in [2.24, 2.45) is 0 Å². The van der Waals surface area contributed by atoms with Crippen LogP contribution in [0.25, 0.3) is 0 Å². The van der Waals surface area contributed by atoms with Crippen molar-refractivity contribution in [1.29, 1.82) is 0 Å². The van der Waals surface area contributed by atoms with Crippen LogP contribution in [-0.4, -0.2) is 34.9 Å². The fraction of sp³-hybridized carbons (Fsp3) is 0.930. The van der Waals surface area contributed by atoms with Crippen molar-refractivity contribution >= 4 is 5.91 Å². The molecular weight excluding hydrogens is 578 g/mol. The van der Waals surface area contributed by atoms with E-state index in [0.29, 0.717) is 6.42 Å². The standard InChI is InChI=1S/C43H85NO3/c1-3-5-7-9-11-13-15-17-19-21-22-23-25-27-29-31-33-35-37-39-43(47)44-41(40-45)42(46)38-36-34-32-30-28-26-24-20-18-16-14-12-10-8-6-4-2/h36,38,41-42,45-46H,3-35,37,39-40H2,1-2H3,(H,44,47)/b38-36+/t41-,42+/m0/s1. The molecule has 0 spiro atoms. The summed E-state index contributed by atoms with van der Waals surface area (Å²) >= 11 is 0. The van der Waals surface area contributed by atoms with Gasteiger partial charge in [-0.1, -0.05) is 225 Å². The lowest BCUT2D eigenvalue weighted by Crippen LogP contribution is -2.45. The number of hydrogen-bond donors (Lipinski definition) is 3. The highest BCUT2D eigenvalue weighted by atomic mass is 16.3. The first kappa shape index (κ1) is 46.1. The second-order valence-electron chi connectivity index (χ2n) is 14.8. The Bertz CT molecular complexity index is 637. The van der Waals surface area contributed by atoms with Crippen LogP contribution in [0.15, 0.2) is 12.2 Å². The molecule has 0 aliphatic carbocycles. The van der Waals surface area contributed by atoms with Gasteiger partial charge in [0.05, 0.1) is 18.8 Å². The van der Waals surface area contributed by atoms with E-state index in [0.717, 1.165) is 25.7 Å². The highest BCUT2D eigenvalue weighted by Crippen LogP contribution is 2.16. The van der Waals surface area contributed by atoms with Crippen LogP contribution in [0.2, 0.25) is 0 Å². The number of carbonyl (C=O) groups excluding carboxylic acids is 1. The maximum absolute atomic E-state index is 12.4. The summed E-state index contributed by atoms with van der Waals surface area (Å²) in [7, 11) is 0. The molecule has 0 rings (SSSR count). The summed E-state index contributed by atoms with van der Waals surface area (Å²) in [4.78, 5) is 12.4. The molecule has 4 heteroatoms. The molecule has 3 N–H and O–H groups in total. The van der Waals surface area contributed by atoms with Gasteiger partial charge in [0.2, 0.25) is 5.91 Å². The van der Waals surface area contributed by atoms with Gasteiger partial charge in [-0.2, -0.15) is 0 Å². The van der Waals surface area contributed by atoms with E-state index in [9.17, 15) is 15.0 Å². The van der Waals surface area contributed by atoms with E-state index in [-0.39, 0.29) is 12.5 Å². The first-order valence-electron chi connectivity index (χ1n) is 21.4. The van der Waals surface area contributed by atoms with Crippen LogP contribution >= 0.6 is 0 Å². The van der Waals surface area contributed by atoms with E-state index < -0.39 is 12.1 Å². The normalized spacial score (nSPS) is 13.0. The zero-order valence-corrected chi connectivity index (χ0v) is 32.1. The Hall–Kier alpha value is -0.870. The molecule has 0 bridgehead atoms. The van der Waals surface area contributed by atoms with Gasteiger partial charge in [-0.15, -0.1) is 0 Å². The van der Waals surface area contributed by atoms with Crippen molar-refractivity contribution < 1.29 is 15.0 Å². The average Bonchev–Trinajstić information content (AvgIpc) is 3.07. The molecule has 0 aliphatic heterocycles. The van der Waals surface area contributed by atoms with Crippen LogP contribution < -0.4 is 5.32 Å². The lowest BCUT2D eigenvalue weighted by Gasteiger charge is -2.20. The van der Waals surface area contributed by atoms with Crippen LogP contribution in [0.5, 0.6) is 0 Å². The Morgan fingerprint density at radius 3 is 1.11 bits per heavy atom. The third-order valence-electron chi connectivity index (χ3n) is 10.0. The van der Waals surface area contributed by atoms with Gasteiger partial charge in [0, 0.05) is 6.42 Å². The monoisotopic (exact) mass is 664 g/mol. The molecule has 0 aromatic carbocycles. The summed E-state index contributed by atoms with van der Waals surface area (Å²) in [5.74, 6) is -0.0598. The van der Waals surface area contributed by atoms with E-state index in [4.69, 9.17) is 0 Å². The molecule has 1 amide bonds. The minimum Gasteiger partial charge on any atom is -0.394 e. The van der Waals surface area contributed by atoms with E-state index in [2.05, 4.69) is 19.2 Å². The maximum Gasteiger partial charge on any atom is 0.220 e. The number of unbranched alkanes of at least 4 members (excludes halogenated alkanes) is 32. The molecule has 0 heterocycles. The van der Waals surface area contributed by atoms with Crippen molar-refractivity contribution in [3.8, 4) is 0 Å². The number of aliphatic hydroxyl groups excluding tert-OH is 2. The van der Waals surface area contributed by atoms with Gasteiger partial charge < -0.3 is 15.5 Å². The molecule has 47 heavy (non-hydrogen) atoms. The largest absolute Gasteiger partial charge is 0.394 e. The van der Waals surface area contributed by atoms with Crippen LogP contribution in [0, 0.1) is 0 Å². The number of nitrogens with one attached hydrogen (secondary N) is 1. The number of rotatable bonds is 39. The van der Waals surface area contributed by atoms with Crippen LogP contribution in [0.1, 0.15) is 239 Å². The Balaban J connectivity index is 3.53. The summed E-state index contributed by atoms with van der Waals surface area (Å²) in [6.45, 7) is 4.33. The van der Waals surface area contributed by atoms with Crippen LogP contribution in [0.3, 0.4) is 0 Å². The van der Waals surface area contributed by atoms with E-state index in [1.54, 1.807) is 6.08 Å². The number of hydrogen-bond acceptors (Lipinski definition) is 3. The van der Waals surface area contributed by atoms with E-state index in [1.165, 1.54) is 193 Å². The lowest BCUT2D eigenvalue weighted by molar-refractivity contribution is -0.123. The second-order valence-corrected chi connectivity index (χ2v) is 14.8. The van der Waals surface area contributed by atoms with E-state index >= 15 is 0 Å². The minimum atomic E-state index is -0.833. The first-order valence-corrected chi connectivity index (χ1v) is 21.4. The average molecular weight is 664 g/mol. The highest BCUT2D eigenvalue weighted by molar-refractivity contribution is 5.76. The molecule has 0 aromatic rings. The molecule has 0 unspecified atom stereocenters. The molecule has 2 atom stereocenters. The fourth-order valence-corrected chi connectivity index (χ4v) is 6.71. The molecule has 0 fully saturated rings. The van der Waals surface area contributed by atoms with Gasteiger partial charge in [-0.3, -0.25) is 4.79 Å². The first-order chi connectivity index (χ1) is 23.2. The third-order valence-corrected chi connectivity index (χ3v) is 10.0. The molecule has 280 valence electrons. The van der Waals surface area contributed by atoms with Gasteiger partial charge in [-0.05, 0) is 19.3 Å². The number of allylic oxidation sites excluding steroid dienone is 1. The SMILES string of the molecule is CCCCCCCCCCCCCCCC/C=C/[C@@H](O)[C@H](CO)NC(=O)CCCCCCCCCCCCCCCCCCCCC. The smallest absolute Gasteiger partial charge is 0.220 e. The van der Waals surface area contributed by atoms with Crippen molar-refractivity contribution in [2.45, 2.75) is 251 Å². The predicted octanol–water partition coefficient (Wildman–Crippen LogP) is 13.1. The van der Waals surface area contributed by atoms with Crippen molar-refractivity contribution in [2.75, 3.05) is 6.61 Å². The van der Waals surface area contributed by atoms with Crippen LogP contribution in [-0.2, 0) is 4.79 Å². The number of carbonyl (C=O) groups is 1. The third kappa shape index (κ3) is 36.2. The minimum absolute atomic E-state index is 0.0598. The van der Waals surface area contributed by atoms with Crippen molar-refractivity contribution in [3.63, 3.8) is 0 Å². The van der Waals surface area contributed by atoms with E-state index in [1.807, 2.05) is 6.08 Å². The molecule has 0 saturated carbocycles. The van der Waals surface area contributed by atoms with Gasteiger partial charge in [-0.25, -0.2) is 0 Å². The zero-order valence-electron chi connectivity index (χ0n) is 32.1. The summed E-state index contributed by atoms with van der Waals surface area (Å²) in [6.07, 6.45) is 48.8. The second kappa shape index (κ2) is 39.6. The molecule has 0 aromatic heterocycles. The van der Waals surface area contributed by atoms with Crippen molar-refractivity contribution in [1.82, 2.24) is 5.32 Å². The van der Waals surface area contributed by atoms with Gasteiger partial charge in [0.1, 0.15) is 0 Å². The lowest BCUT2D eigenvalue weighted by atomic mass is 10.0. The van der Waals surface area contributed by atoms with Gasteiger partial charge in [0.25, 0.3) is 0 Å². The number of amides is 1. The molecule has 4 nitrogen and oxygen atoms in total. The quantitative estimate of drug-likeness (QED) is 0.0453. The van der Waals surface area contributed by atoms with Crippen molar-refractivity contribution in [3.05, 3.63) is 12.2 Å². The van der Waals surface area contributed by atoms with Gasteiger partial charge in [0.15, 0.2) is 0 Å². The predicted molar refractivity (Wildman–Crippen MR) is 207 cm³/mol. The Morgan fingerprint density at radius 2 is 0.787 bits per heavy atom. The summed E-state index contributed by atoms with van der Waals surface area (Å²) in [6, 6.07) is -0.615. The summed E-state index contributed by atoms with van der Waals surface area (Å²) in [5, 5.41) is 23.0.